The number of hydrogen-bond acceptors (Lipinski definition) is 4. The number of aryl methyl sites for hydroxylation is 1. The standard InChI is InChI=1S/C13H21N3O2/c1-3-4-11-7-12(16-9-15-11)14-8-10(2)5-6-13(17)18/h7,9-10H,3-6,8H2,1-2H3,(H,17,18)(H,14,15,16). The zero-order chi connectivity index (χ0) is 13.4. The first-order valence-corrected chi connectivity index (χ1v) is 6.38. The lowest BCUT2D eigenvalue weighted by atomic mass is 10.1. The molecular weight excluding hydrogens is 230 g/mol. The lowest BCUT2D eigenvalue weighted by molar-refractivity contribution is -0.137. The van der Waals surface area contributed by atoms with E-state index < -0.39 is 5.97 Å². The molecule has 0 aliphatic heterocycles. The maximum absolute atomic E-state index is 10.5. The second-order valence-electron chi connectivity index (χ2n) is 4.56. The van der Waals surface area contributed by atoms with Gasteiger partial charge in [0, 0.05) is 24.7 Å². The van der Waals surface area contributed by atoms with Crippen LogP contribution in [0.5, 0.6) is 0 Å². The Bertz CT molecular complexity index is 382. The van der Waals surface area contributed by atoms with Crippen LogP contribution in [0, 0.1) is 5.92 Å². The molecule has 1 heterocycles. The molecule has 1 aromatic rings. The second-order valence-corrected chi connectivity index (χ2v) is 4.56. The summed E-state index contributed by atoms with van der Waals surface area (Å²) >= 11 is 0. The third-order valence-electron chi connectivity index (χ3n) is 2.71. The molecule has 0 saturated carbocycles. The van der Waals surface area contributed by atoms with Crippen molar-refractivity contribution in [2.24, 2.45) is 5.92 Å². The predicted molar refractivity (Wildman–Crippen MR) is 70.6 cm³/mol. The normalized spacial score (nSPS) is 12.1. The van der Waals surface area contributed by atoms with Crippen LogP contribution in [0.1, 0.15) is 38.8 Å². The van der Waals surface area contributed by atoms with Gasteiger partial charge in [0.05, 0.1) is 0 Å². The van der Waals surface area contributed by atoms with Crippen LogP contribution in [-0.2, 0) is 11.2 Å². The number of carboxylic acid groups (broad SMARTS) is 1. The number of aromatic nitrogens is 2. The van der Waals surface area contributed by atoms with Gasteiger partial charge in [-0.15, -0.1) is 0 Å². The smallest absolute Gasteiger partial charge is 0.303 e. The van der Waals surface area contributed by atoms with Crippen molar-refractivity contribution in [2.45, 2.75) is 39.5 Å². The first kappa shape index (κ1) is 14.4. The molecule has 0 fully saturated rings. The highest BCUT2D eigenvalue weighted by Gasteiger charge is 2.06. The molecule has 1 aromatic heterocycles. The van der Waals surface area contributed by atoms with Crippen LogP contribution in [0.15, 0.2) is 12.4 Å². The molecule has 0 radical (unpaired) electrons. The van der Waals surface area contributed by atoms with E-state index in [9.17, 15) is 4.79 Å². The van der Waals surface area contributed by atoms with Gasteiger partial charge in [-0.2, -0.15) is 0 Å². The minimum atomic E-state index is -0.742. The number of aliphatic carboxylic acids is 1. The van der Waals surface area contributed by atoms with E-state index in [1.165, 1.54) is 0 Å². The van der Waals surface area contributed by atoms with E-state index in [2.05, 4.69) is 22.2 Å². The van der Waals surface area contributed by atoms with Crippen molar-refractivity contribution >= 4 is 11.8 Å². The summed E-state index contributed by atoms with van der Waals surface area (Å²) in [5, 5.41) is 11.8. The van der Waals surface area contributed by atoms with Crippen molar-refractivity contribution in [3.8, 4) is 0 Å². The molecule has 18 heavy (non-hydrogen) atoms. The zero-order valence-corrected chi connectivity index (χ0v) is 11.0. The molecule has 2 N–H and O–H groups in total. The molecule has 100 valence electrons. The third kappa shape index (κ3) is 5.61. The molecular formula is C13H21N3O2. The Morgan fingerprint density at radius 1 is 1.50 bits per heavy atom. The minimum Gasteiger partial charge on any atom is -0.481 e. The van der Waals surface area contributed by atoms with Crippen molar-refractivity contribution in [1.82, 2.24) is 9.97 Å². The molecule has 0 aliphatic rings. The van der Waals surface area contributed by atoms with E-state index in [0.29, 0.717) is 12.3 Å². The fourth-order valence-electron chi connectivity index (χ4n) is 1.64. The number of carbonyl (C=O) groups is 1. The third-order valence-corrected chi connectivity index (χ3v) is 2.71. The summed E-state index contributed by atoms with van der Waals surface area (Å²) in [6.07, 6.45) is 4.47. The monoisotopic (exact) mass is 251 g/mol. The van der Waals surface area contributed by atoms with Crippen molar-refractivity contribution in [3.63, 3.8) is 0 Å². The van der Waals surface area contributed by atoms with E-state index in [1.54, 1.807) is 6.33 Å². The van der Waals surface area contributed by atoms with Gasteiger partial charge in [-0.25, -0.2) is 9.97 Å². The molecule has 0 amide bonds. The summed E-state index contributed by atoms with van der Waals surface area (Å²) < 4.78 is 0. The van der Waals surface area contributed by atoms with Crippen LogP contribution < -0.4 is 5.32 Å². The Labute approximate surface area is 108 Å². The molecule has 0 aliphatic carbocycles. The molecule has 0 aromatic carbocycles. The molecule has 1 rings (SSSR count). The summed E-state index contributed by atoms with van der Waals surface area (Å²) in [6, 6.07) is 1.95. The molecule has 1 atom stereocenters. The molecule has 0 saturated heterocycles. The predicted octanol–water partition coefficient (Wildman–Crippen LogP) is 2.34. The van der Waals surface area contributed by atoms with Crippen molar-refractivity contribution in [1.29, 1.82) is 0 Å². The SMILES string of the molecule is CCCc1cc(NCC(C)CCC(=O)O)ncn1. The summed E-state index contributed by atoms with van der Waals surface area (Å²) in [4.78, 5) is 18.8. The highest BCUT2D eigenvalue weighted by molar-refractivity contribution is 5.66. The quantitative estimate of drug-likeness (QED) is 0.741. The topological polar surface area (TPSA) is 75.1 Å². The fourth-order valence-corrected chi connectivity index (χ4v) is 1.64. The lowest BCUT2D eigenvalue weighted by Gasteiger charge is -2.12. The van der Waals surface area contributed by atoms with Crippen LogP contribution in [0.25, 0.3) is 0 Å². The highest BCUT2D eigenvalue weighted by atomic mass is 16.4. The zero-order valence-electron chi connectivity index (χ0n) is 11.0. The Morgan fingerprint density at radius 2 is 2.28 bits per heavy atom. The second kappa shape index (κ2) is 7.63. The largest absolute Gasteiger partial charge is 0.481 e. The number of hydrogen-bond donors (Lipinski definition) is 2. The Hall–Kier alpha value is -1.65. The first-order chi connectivity index (χ1) is 8.61. The van der Waals surface area contributed by atoms with Crippen LogP contribution >= 0.6 is 0 Å². The summed E-state index contributed by atoms with van der Waals surface area (Å²) in [5.41, 5.74) is 1.04. The average Bonchev–Trinajstić information content (AvgIpc) is 2.35. The van der Waals surface area contributed by atoms with Gasteiger partial charge in [0.25, 0.3) is 0 Å². The van der Waals surface area contributed by atoms with E-state index in [1.807, 2.05) is 13.0 Å². The summed E-state index contributed by atoms with van der Waals surface area (Å²) in [7, 11) is 0. The van der Waals surface area contributed by atoms with Gasteiger partial charge in [-0.05, 0) is 18.8 Å². The minimum absolute atomic E-state index is 0.216. The van der Waals surface area contributed by atoms with E-state index in [-0.39, 0.29) is 6.42 Å². The molecule has 5 heteroatoms. The summed E-state index contributed by atoms with van der Waals surface area (Å²) in [5.74, 6) is 0.385. The Morgan fingerprint density at radius 3 is 2.94 bits per heavy atom. The van der Waals surface area contributed by atoms with Crippen LogP contribution in [0.3, 0.4) is 0 Å². The average molecular weight is 251 g/mol. The Kier molecular flexibility index (Phi) is 6.11. The lowest BCUT2D eigenvalue weighted by Crippen LogP contribution is -2.13. The van der Waals surface area contributed by atoms with E-state index in [0.717, 1.165) is 30.9 Å². The van der Waals surface area contributed by atoms with Crippen LogP contribution in [0.2, 0.25) is 0 Å². The van der Waals surface area contributed by atoms with Gasteiger partial charge in [-0.1, -0.05) is 20.3 Å². The van der Waals surface area contributed by atoms with Crippen molar-refractivity contribution in [2.75, 3.05) is 11.9 Å². The number of carboxylic acids is 1. The van der Waals surface area contributed by atoms with Gasteiger partial charge < -0.3 is 10.4 Å². The van der Waals surface area contributed by atoms with Crippen LogP contribution in [-0.4, -0.2) is 27.6 Å². The molecule has 0 spiro atoms. The fraction of sp³-hybridized carbons (Fsp3) is 0.615. The number of anilines is 1. The van der Waals surface area contributed by atoms with Gasteiger partial charge in [-0.3, -0.25) is 4.79 Å². The highest BCUT2D eigenvalue weighted by Crippen LogP contribution is 2.09. The van der Waals surface area contributed by atoms with E-state index in [4.69, 9.17) is 5.11 Å². The maximum atomic E-state index is 10.5. The van der Waals surface area contributed by atoms with E-state index >= 15 is 0 Å². The van der Waals surface area contributed by atoms with Gasteiger partial charge in [0.15, 0.2) is 0 Å². The van der Waals surface area contributed by atoms with Gasteiger partial charge in [0.2, 0.25) is 0 Å². The summed E-state index contributed by atoms with van der Waals surface area (Å²) in [6.45, 7) is 4.88. The maximum Gasteiger partial charge on any atom is 0.303 e. The molecule has 1 unspecified atom stereocenters. The molecule has 0 bridgehead atoms. The first-order valence-electron chi connectivity index (χ1n) is 6.38. The molecule has 5 nitrogen and oxygen atoms in total. The Balaban J connectivity index is 2.38. The van der Waals surface area contributed by atoms with Crippen molar-refractivity contribution < 1.29 is 9.90 Å². The number of rotatable bonds is 8. The van der Waals surface area contributed by atoms with Gasteiger partial charge >= 0.3 is 5.97 Å². The van der Waals surface area contributed by atoms with Crippen molar-refractivity contribution in [3.05, 3.63) is 18.1 Å². The van der Waals surface area contributed by atoms with Gasteiger partial charge in [0.1, 0.15) is 12.1 Å². The number of nitrogens with one attached hydrogen (secondary N) is 1. The van der Waals surface area contributed by atoms with Crippen LogP contribution in [0.4, 0.5) is 5.82 Å². The number of nitrogens with zero attached hydrogens (tertiary/aromatic N) is 2.